The second-order valence-corrected chi connectivity index (χ2v) is 7.86. The molecule has 0 aromatic heterocycles. The summed E-state index contributed by atoms with van der Waals surface area (Å²) in [6.07, 6.45) is -0.0350. The van der Waals surface area contributed by atoms with Gasteiger partial charge in [0.15, 0.2) is 0 Å². The zero-order valence-corrected chi connectivity index (χ0v) is 17.6. The first-order valence-electron chi connectivity index (χ1n) is 10.1. The number of nitrogens with zero attached hydrogens (tertiary/aromatic N) is 1. The molecule has 0 aliphatic carbocycles. The van der Waals surface area contributed by atoms with E-state index in [9.17, 15) is 14.4 Å². The molecule has 2 aromatic carbocycles. The molecule has 0 atom stereocenters. The highest BCUT2D eigenvalue weighted by molar-refractivity contribution is 6.35. The number of esters is 1. The Morgan fingerprint density at radius 3 is 2.07 bits per heavy atom. The number of carbonyl (C=O) groups excluding carboxylic acids is 3. The van der Waals surface area contributed by atoms with Crippen LogP contribution in [-0.4, -0.2) is 24.4 Å². The van der Waals surface area contributed by atoms with Gasteiger partial charge in [0.25, 0.3) is 11.8 Å². The van der Waals surface area contributed by atoms with Crippen molar-refractivity contribution in [1.29, 1.82) is 0 Å². The molecular formula is C24H27NO4. The third-order valence-corrected chi connectivity index (χ3v) is 5.21. The van der Waals surface area contributed by atoms with Crippen molar-refractivity contribution in [1.82, 2.24) is 0 Å². The molecule has 0 radical (unpaired) electrons. The molecule has 1 heterocycles. The maximum Gasteiger partial charge on any atom is 0.310 e. The summed E-state index contributed by atoms with van der Waals surface area (Å²) in [4.78, 5) is 40.1. The van der Waals surface area contributed by atoms with E-state index in [4.69, 9.17) is 4.74 Å². The van der Waals surface area contributed by atoms with Crippen LogP contribution in [0.25, 0.3) is 0 Å². The summed E-state index contributed by atoms with van der Waals surface area (Å²) in [5.41, 5.74) is 3.75. The van der Waals surface area contributed by atoms with Crippen LogP contribution in [0.2, 0.25) is 0 Å². The lowest BCUT2D eigenvalue weighted by atomic mass is 9.92. The number of fused-ring (bicyclic) bond motifs is 1. The lowest BCUT2D eigenvalue weighted by Gasteiger charge is -2.25. The minimum atomic E-state index is -0.412. The largest absolute Gasteiger partial charge is 0.466 e. The molecule has 0 saturated heterocycles. The van der Waals surface area contributed by atoms with E-state index in [1.165, 1.54) is 4.90 Å². The minimum Gasteiger partial charge on any atom is -0.466 e. The molecule has 0 fully saturated rings. The number of hydrogen-bond acceptors (Lipinski definition) is 4. The maximum absolute atomic E-state index is 13.5. The number of hydrogen-bond donors (Lipinski definition) is 0. The zero-order valence-electron chi connectivity index (χ0n) is 17.6. The van der Waals surface area contributed by atoms with Crippen LogP contribution in [0.15, 0.2) is 36.4 Å². The normalized spacial score (nSPS) is 13.4. The van der Waals surface area contributed by atoms with Crippen molar-refractivity contribution in [3.63, 3.8) is 0 Å². The summed E-state index contributed by atoms with van der Waals surface area (Å²) in [5.74, 6) is -0.838. The van der Waals surface area contributed by atoms with E-state index in [-0.39, 0.29) is 36.7 Å². The Hall–Kier alpha value is -2.95. The van der Waals surface area contributed by atoms with Gasteiger partial charge in [-0.1, -0.05) is 58.0 Å². The van der Waals surface area contributed by atoms with Crippen LogP contribution in [-0.2, 0) is 16.0 Å². The Kier molecular flexibility index (Phi) is 5.87. The van der Waals surface area contributed by atoms with Crippen LogP contribution >= 0.6 is 0 Å². The molecule has 29 heavy (non-hydrogen) atoms. The predicted molar refractivity (Wildman–Crippen MR) is 113 cm³/mol. The van der Waals surface area contributed by atoms with Crippen LogP contribution in [0, 0.1) is 0 Å². The topological polar surface area (TPSA) is 63.7 Å². The van der Waals surface area contributed by atoms with Crippen molar-refractivity contribution in [3.05, 3.63) is 64.2 Å². The third-order valence-electron chi connectivity index (χ3n) is 5.21. The SMILES string of the molecule is CCOC(=O)Cc1cccc2c1C(=O)N(c1c(C(C)C)cccc1C(C)C)C2=O. The van der Waals surface area contributed by atoms with Gasteiger partial charge >= 0.3 is 5.97 Å². The molecule has 3 rings (SSSR count). The van der Waals surface area contributed by atoms with Gasteiger partial charge in [-0.05, 0) is 41.5 Å². The maximum atomic E-state index is 13.5. The molecule has 1 aliphatic rings. The average molecular weight is 393 g/mol. The predicted octanol–water partition coefficient (Wildman–Crippen LogP) is 4.84. The van der Waals surface area contributed by atoms with Crippen molar-refractivity contribution < 1.29 is 19.1 Å². The minimum absolute atomic E-state index is 0.0350. The smallest absolute Gasteiger partial charge is 0.310 e. The van der Waals surface area contributed by atoms with Crippen LogP contribution in [0.1, 0.15) is 83.9 Å². The highest BCUT2D eigenvalue weighted by atomic mass is 16.5. The van der Waals surface area contributed by atoms with E-state index in [1.54, 1.807) is 25.1 Å². The molecule has 5 heteroatoms. The summed E-state index contributed by atoms with van der Waals surface area (Å²) in [5, 5.41) is 0. The number of imide groups is 1. The molecule has 0 unspecified atom stereocenters. The summed E-state index contributed by atoms with van der Waals surface area (Å²) >= 11 is 0. The highest BCUT2D eigenvalue weighted by Gasteiger charge is 2.40. The van der Waals surface area contributed by atoms with Crippen LogP contribution in [0.3, 0.4) is 0 Å². The first-order valence-corrected chi connectivity index (χ1v) is 10.1. The molecule has 0 N–H and O–H groups in total. The van der Waals surface area contributed by atoms with Crippen molar-refractivity contribution in [2.75, 3.05) is 11.5 Å². The number of rotatable bonds is 6. The number of amides is 2. The number of anilines is 1. The lowest BCUT2D eigenvalue weighted by molar-refractivity contribution is -0.142. The lowest BCUT2D eigenvalue weighted by Crippen LogP contribution is -2.32. The van der Waals surface area contributed by atoms with E-state index in [0.29, 0.717) is 22.4 Å². The average Bonchev–Trinajstić information content (AvgIpc) is 2.92. The standard InChI is InChI=1S/C24H27NO4/c1-6-29-20(26)13-16-9-7-12-19-21(16)24(28)25(23(19)27)22-17(14(2)3)10-8-11-18(22)15(4)5/h7-12,14-15H,6,13H2,1-5H3. The van der Waals surface area contributed by atoms with Gasteiger partial charge < -0.3 is 4.74 Å². The molecule has 0 bridgehead atoms. The number of para-hydroxylation sites is 1. The van der Waals surface area contributed by atoms with Gasteiger partial charge in [0.2, 0.25) is 0 Å². The van der Waals surface area contributed by atoms with E-state index in [1.807, 2.05) is 45.9 Å². The summed E-state index contributed by atoms with van der Waals surface area (Å²) in [6, 6.07) is 11.0. The van der Waals surface area contributed by atoms with E-state index < -0.39 is 5.97 Å². The van der Waals surface area contributed by atoms with Gasteiger partial charge in [-0.3, -0.25) is 14.4 Å². The third kappa shape index (κ3) is 3.69. The van der Waals surface area contributed by atoms with Crippen molar-refractivity contribution in [2.45, 2.75) is 52.9 Å². The number of carbonyl (C=O) groups is 3. The fraction of sp³-hybridized carbons (Fsp3) is 0.375. The number of benzene rings is 2. The summed E-state index contributed by atoms with van der Waals surface area (Å²) < 4.78 is 5.03. The van der Waals surface area contributed by atoms with E-state index >= 15 is 0 Å². The molecule has 0 spiro atoms. The Labute approximate surface area is 171 Å². The van der Waals surface area contributed by atoms with Gasteiger partial charge in [-0.25, -0.2) is 4.90 Å². The molecule has 5 nitrogen and oxygen atoms in total. The van der Waals surface area contributed by atoms with Crippen molar-refractivity contribution in [3.8, 4) is 0 Å². The first-order chi connectivity index (χ1) is 13.8. The fourth-order valence-electron chi connectivity index (χ4n) is 3.84. The van der Waals surface area contributed by atoms with E-state index in [2.05, 4.69) is 0 Å². The highest BCUT2D eigenvalue weighted by Crippen LogP contribution is 2.40. The first kappa shape index (κ1) is 20.8. The second-order valence-electron chi connectivity index (χ2n) is 7.86. The van der Waals surface area contributed by atoms with Crippen LogP contribution in [0.4, 0.5) is 5.69 Å². The van der Waals surface area contributed by atoms with Gasteiger partial charge in [0.1, 0.15) is 0 Å². The Balaban J connectivity index is 2.14. The Morgan fingerprint density at radius 2 is 1.52 bits per heavy atom. The van der Waals surface area contributed by atoms with Gasteiger partial charge in [-0.15, -0.1) is 0 Å². The summed E-state index contributed by atoms with van der Waals surface area (Å²) in [7, 11) is 0. The molecule has 2 amide bonds. The number of ether oxygens (including phenoxy) is 1. The van der Waals surface area contributed by atoms with Crippen molar-refractivity contribution in [2.24, 2.45) is 0 Å². The van der Waals surface area contributed by atoms with Crippen LogP contribution < -0.4 is 4.90 Å². The second kappa shape index (κ2) is 8.19. The van der Waals surface area contributed by atoms with E-state index in [0.717, 1.165) is 11.1 Å². The molecule has 152 valence electrons. The zero-order chi connectivity index (χ0) is 21.3. The summed E-state index contributed by atoms with van der Waals surface area (Å²) in [6.45, 7) is 10.2. The van der Waals surface area contributed by atoms with Gasteiger partial charge in [0.05, 0.1) is 29.8 Å². The fourth-order valence-corrected chi connectivity index (χ4v) is 3.84. The molecule has 1 aliphatic heterocycles. The molecular weight excluding hydrogens is 366 g/mol. The van der Waals surface area contributed by atoms with Gasteiger partial charge in [-0.2, -0.15) is 0 Å². The molecule has 0 saturated carbocycles. The van der Waals surface area contributed by atoms with Gasteiger partial charge in [0, 0.05) is 0 Å². The Bertz CT molecular complexity index is 949. The monoisotopic (exact) mass is 393 g/mol. The molecule has 2 aromatic rings. The Morgan fingerprint density at radius 1 is 0.931 bits per heavy atom. The quantitative estimate of drug-likeness (QED) is 0.520. The van der Waals surface area contributed by atoms with Crippen LogP contribution in [0.5, 0.6) is 0 Å². The van der Waals surface area contributed by atoms with Crippen molar-refractivity contribution >= 4 is 23.5 Å².